The van der Waals surface area contributed by atoms with Crippen LogP contribution in [0.5, 0.6) is 0 Å². The summed E-state index contributed by atoms with van der Waals surface area (Å²) in [7, 11) is -3.99. The summed E-state index contributed by atoms with van der Waals surface area (Å²) in [4.78, 5) is 20.8. The van der Waals surface area contributed by atoms with Crippen LogP contribution in [0.2, 0.25) is 5.02 Å². The van der Waals surface area contributed by atoms with E-state index < -0.39 is 15.8 Å². The van der Waals surface area contributed by atoms with E-state index in [0.29, 0.717) is 42.6 Å². The van der Waals surface area contributed by atoms with Crippen LogP contribution in [-0.2, 0) is 10.0 Å². The SMILES string of the molecule is O=C(c1ccc(S(=O)(=O)Nc2ccccc2F)cc1)N1CCN(c2ncccc2Cl)CC1. The topological polar surface area (TPSA) is 82.6 Å². The zero-order valence-electron chi connectivity index (χ0n) is 16.9. The number of aromatic nitrogens is 1. The van der Waals surface area contributed by atoms with Gasteiger partial charge in [-0.15, -0.1) is 0 Å². The average molecular weight is 475 g/mol. The molecule has 0 aliphatic carbocycles. The third kappa shape index (κ3) is 4.68. The number of nitrogens with zero attached hydrogens (tertiary/aromatic N) is 3. The van der Waals surface area contributed by atoms with Crippen LogP contribution in [0.25, 0.3) is 0 Å². The molecule has 0 saturated carbocycles. The second kappa shape index (κ2) is 9.13. The Morgan fingerprint density at radius 1 is 0.969 bits per heavy atom. The highest BCUT2D eigenvalue weighted by Crippen LogP contribution is 2.24. The molecule has 1 N–H and O–H groups in total. The van der Waals surface area contributed by atoms with Crippen LogP contribution in [0.1, 0.15) is 10.4 Å². The van der Waals surface area contributed by atoms with Gasteiger partial charge in [0.15, 0.2) is 0 Å². The summed E-state index contributed by atoms with van der Waals surface area (Å²) in [5.41, 5.74) is 0.234. The number of rotatable bonds is 5. The lowest BCUT2D eigenvalue weighted by molar-refractivity contribution is 0.0746. The molecule has 0 atom stereocenters. The minimum Gasteiger partial charge on any atom is -0.352 e. The van der Waals surface area contributed by atoms with E-state index in [0.717, 1.165) is 0 Å². The molecule has 0 spiro atoms. The maximum absolute atomic E-state index is 13.8. The number of anilines is 2. The molecule has 166 valence electrons. The van der Waals surface area contributed by atoms with Gasteiger partial charge >= 0.3 is 0 Å². The van der Waals surface area contributed by atoms with Crippen molar-refractivity contribution < 1.29 is 17.6 Å². The van der Waals surface area contributed by atoms with Crippen molar-refractivity contribution in [2.75, 3.05) is 35.8 Å². The molecule has 1 fully saturated rings. The maximum Gasteiger partial charge on any atom is 0.261 e. The fourth-order valence-corrected chi connectivity index (χ4v) is 4.75. The van der Waals surface area contributed by atoms with Gasteiger partial charge in [-0.3, -0.25) is 9.52 Å². The van der Waals surface area contributed by atoms with E-state index in [1.165, 1.54) is 48.5 Å². The summed E-state index contributed by atoms with van der Waals surface area (Å²) in [6.07, 6.45) is 1.68. The normalized spacial score (nSPS) is 14.3. The molecule has 3 aromatic rings. The van der Waals surface area contributed by atoms with E-state index in [9.17, 15) is 17.6 Å². The Labute approximate surface area is 190 Å². The molecule has 1 aliphatic heterocycles. The number of sulfonamides is 1. The molecule has 1 saturated heterocycles. The molecule has 7 nitrogen and oxygen atoms in total. The molecule has 1 amide bonds. The number of amides is 1. The molecule has 1 aromatic heterocycles. The van der Waals surface area contributed by atoms with Gasteiger partial charge in [-0.2, -0.15) is 0 Å². The smallest absolute Gasteiger partial charge is 0.261 e. The first-order valence-electron chi connectivity index (χ1n) is 9.87. The van der Waals surface area contributed by atoms with Gasteiger partial charge in [-0.1, -0.05) is 23.7 Å². The molecule has 10 heteroatoms. The number of piperazine rings is 1. The highest BCUT2D eigenvalue weighted by molar-refractivity contribution is 7.92. The second-order valence-corrected chi connectivity index (χ2v) is 9.29. The van der Waals surface area contributed by atoms with Crippen LogP contribution < -0.4 is 9.62 Å². The van der Waals surface area contributed by atoms with Gasteiger partial charge in [0.2, 0.25) is 0 Å². The van der Waals surface area contributed by atoms with Crippen LogP contribution in [0.4, 0.5) is 15.9 Å². The third-order valence-electron chi connectivity index (χ3n) is 5.14. The molecule has 4 rings (SSSR count). The van der Waals surface area contributed by atoms with Crippen molar-refractivity contribution >= 4 is 39.0 Å². The average Bonchev–Trinajstić information content (AvgIpc) is 2.81. The summed E-state index contributed by atoms with van der Waals surface area (Å²) in [5.74, 6) is -0.171. The zero-order valence-corrected chi connectivity index (χ0v) is 18.5. The Hall–Kier alpha value is -3.17. The first-order chi connectivity index (χ1) is 15.3. The Morgan fingerprint density at radius 2 is 1.66 bits per heavy atom. The predicted octanol–water partition coefficient (Wildman–Crippen LogP) is 3.64. The molecular weight excluding hydrogens is 455 g/mol. The van der Waals surface area contributed by atoms with Crippen molar-refractivity contribution in [2.45, 2.75) is 4.90 Å². The Kier molecular flexibility index (Phi) is 6.29. The number of hydrogen-bond donors (Lipinski definition) is 1. The monoisotopic (exact) mass is 474 g/mol. The summed E-state index contributed by atoms with van der Waals surface area (Å²) in [5, 5.41) is 0.563. The quantitative estimate of drug-likeness (QED) is 0.610. The van der Waals surface area contributed by atoms with Gasteiger partial charge in [0.25, 0.3) is 15.9 Å². The Morgan fingerprint density at radius 3 is 2.31 bits per heavy atom. The van der Waals surface area contributed by atoms with E-state index >= 15 is 0 Å². The number of carbonyl (C=O) groups excluding carboxylic acids is 1. The lowest BCUT2D eigenvalue weighted by Crippen LogP contribution is -2.49. The van der Waals surface area contributed by atoms with E-state index in [-0.39, 0.29) is 16.5 Å². The third-order valence-corrected chi connectivity index (χ3v) is 6.81. The van der Waals surface area contributed by atoms with Crippen molar-refractivity contribution in [3.8, 4) is 0 Å². The van der Waals surface area contributed by atoms with Gasteiger partial charge in [0, 0.05) is 37.9 Å². The van der Waals surface area contributed by atoms with E-state index in [2.05, 4.69) is 9.71 Å². The predicted molar refractivity (Wildman–Crippen MR) is 121 cm³/mol. The van der Waals surface area contributed by atoms with E-state index in [4.69, 9.17) is 11.6 Å². The van der Waals surface area contributed by atoms with Crippen LogP contribution >= 0.6 is 11.6 Å². The summed E-state index contributed by atoms with van der Waals surface area (Å²) >= 11 is 6.20. The molecule has 1 aliphatic rings. The molecule has 0 unspecified atom stereocenters. The zero-order chi connectivity index (χ0) is 22.7. The highest BCUT2D eigenvalue weighted by Gasteiger charge is 2.24. The fraction of sp³-hybridized carbons (Fsp3) is 0.182. The Bertz CT molecular complexity index is 1230. The fourth-order valence-electron chi connectivity index (χ4n) is 3.44. The van der Waals surface area contributed by atoms with Crippen LogP contribution in [0.3, 0.4) is 0 Å². The van der Waals surface area contributed by atoms with Gasteiger partial charge < -0.3 is 9.80 Å². The molecule has 2 aromatic carbocycles. The first kappa shape index (κ1) is 22.0. The van der Waals surface area contributed by atoms with Gasteiger partial charge in [0.1, 0.15) is 11.6 Å². The van der Waals surface area contributed by atoms with Gasteiger partial charge in [-0.05, 0) is 48.5 Å². The minimum atomic E-state index is -3.99. The summed E-state index contributed by atoms with van der Waals surface area (Å²) < 4.78 is 41.1. The summed E-state index contributed by atoms with van der Waals surface area (Å²) in [6.45, 7) is 2.14. The molecular formula is C22H20ClFN4O3S. The van der Waals surface area contributed by atoms with E-state index in [1.807, 2.05) is 4.90 Å². The summed E-state index contributed by atoms with van der Waals surface area (Å²) in [6, 6.07) is 14.6. The lowest BCUT2D eigenvalue weighted by Gasteiger charge is -2.35. The van der Waals surface area contributed by atoms with Crippen LogP contribution in [-0.4, -0.2) is 50.4 Å². The van der Waals surface area contributed by atoms with Crippen molar-refractivity contribution in [1.29, 1.82) is 0 Å². The molecule has 32 heavy (non-hydrogen) atoms. The number of pyridine rings is 1. The lowest BCUT2D eigenvalue weighted by atomic mass is 10.2. The van der Waals surface area contributed by atoms with E-state index in [1.54, 1.807) is 23.2 Å². The minimum absolute atomic E-state index is 0.0630. The largest absolute Gasteiger partial charge is 0.352 e. The number of nitrogens with one attached hydrogen (secondary N) is 1. The first-order valence-corrected chi connectivity index (χ1v) is 11.7. The number of carbonyl (C=O) groups is 1. The van der Waals surface area contributed by atoms with Gasteiger partial charge in [-0.25, -0.2) is 17.8 Å². The van der Waals surface area contributed by atoms with Crippen molar-refractivity contribution in [3.63, 3.8) is 0 Å². The van der Waals surface area contributed by atoms with Crippen molar-refractivity contribution in [1.82, 2.24) is 9.88 Å². The number of para-hydroxylation sites is 1. The van der Waals surface area contributed by atoms with Crippen LogP contribution in [0, 0.1) is 5.82 Å². The number of benzene rings is 2. The number of halogens is 2. The Balaban J connectivity index is 1.41. The molecule has 2 heterocycles. The van der Waals surface area contributed by atoms with Crippen molar-refractivity contribution in [2.24, 2.45) is 0 Å². The molecule has 0 radical (unpaired) electrons. The second-order valence-electron chi connectivity index (χ2n) is 7.20. The highest BCUT2D eigenvalue weighted by atomic mass is 35.5. The van der Waals surface area contributed by atoms with Crippen molar-refractivity contribution in [3.05, 3.63) is 83.3 Å². The maximum atomic E-state index is 13.8. The standard InChI is InChI=1S/C22H20ClFN4O3S/c23-18-4-3-11-25-21(18)27-12-14-28(15-13-27)22(29)16-7-9-17(10-8-16)32(30,31)26-20-6-2-1-5-19(20)24/h1-11,26H,12-15H2. The number of hydrogen-bond acceptors (Lipinski definition) is 5. The van der Waals surface area contributed by atoms with Gasteiger partial charge in [0.05, 0.1) is 15.6 Å². The van der Waals surface area contributed by atoms with Crippen LogP contribution in [0.15, 0.2) is 71.8 Å². The molecule has 0 bridgehead atoms.